The molecule has 1 amide bonds. The van der Waals surface area contributed by atoms with Gasteiger partial charge < -0.3 is 15.0 Å². The largest absolute Gasteiger partial charge is 0.481 e. The topological polar surface area (TPSA) is 41.6 Å². The van der Waals surface area contributed by atoms with Crippen LogP contribution in [0, 0.1) is 0 Å². The van der Waals surface area contributed by atoms with E-state index in [4.69, 9.17) is 4.74 Å². The van der Waals surface area contributed by atoms with E-state index in [0.717, 1.165) is 25.4 Å². The number of piperazine rings is 1. The van der Waals surface area contributed by atoms with Crippen LogP contribution >= 0.6 is 11.8 Å². The first-order chi connectivity index (χ1) is 9.61. The van der Waals surface area contributed by atoms with Gasteiger partial charge in [0, 0.05) is 30.6 Å². The highest BCUT2D eigenvalue weighted by molar-refractivity contribution is 7.98. The van der Waals surface area contributed by atoms with Crippen molar-refractivity contribution < 1.29 is 9.53 Å². The number of nitrogens with zero attached hydrogens (tertiary/aromatic N) is 1. The number of hydrogen-bond donors (Lipinski definition) is 1. The van der Waals surface area contributed by atoms with Crippen LogP contribution in [0.2, 0.25) is 0 Å². The molecule has 0 radical (unpaired) electrons. The summed E-state index contributed by atoms with van der Waals surface area (Å²) in [7, 11) is 0. The number of rotatable bonds is 4. The second-order valence-corrected chi connectivity index (χ2v) is 5.90. The van der Waals surface area contributed by atoms with Crippen molar-refractivity contribution >= 4 is 17.7 Å². The van der Waals surface area contributed by atoms with Gasteiger partial charge in [-0.2, -0.15) is 0 Å². The number of benzene rings is 1. The van der Waals surface area contributed by atoms with Gasteiger partial charge in [-0.1, -0.05) is 0 Å². The van der Waals surface area contributed by atoms with Gasteiger partial charge in [-0.05, 0) is 44.4 Å². The number of carbonyl (C=O) groups is 1. The molecule has 1 aliphatic rings. The van der Waals surface area contributed by atoms with Crippen LogP contribution in [0.25, 0.3) is 0 Å². The molecule has 1 saturated heterocycles. The van der Waals surface area contributed by atoms with Crippen molar-refractivity contribution in [2.75, 3.05) is 25.9 Å². The molecule has 1 fully saturated rings. The zero-order chi connectivity index (χ0) is 14.5. The Labute approximate surface area is 124 Å². The number of hydrogen-bond acceptors (Lipinski definition) is 4. The molecule has 2 atom stereocenters. The molecule has 0 aliphatic carbocycles. The second kappa shape index (κ2) is 6.99. The number of carbonyl (C=O) groups excluding carboxylic acids is 1. The average molecular weight is 294 g/mol. The third kappa shape index (κ3) is 3.67. The molecular weight excluding hydrogens is 272 g/mol. The molecule has 1 heterocycles. The zero-order valence-corrected chi connectivity index (χ0v) is 13.1. The maximum absolute atomic E-state index is 12.4. The van der Waals surface area contributed by atoms with Crippen LogP contribution in [0.15, 0.2) is 29.2 Å². The monoisotopic (exact) mass is 294 g/mol. The number of thioether (sulfide) groups is 1. The van der Waals surface area contributed by atoms with Crippen LogP contribution < -0.4 is 10.1 Å². The molecule has 20 heavy (non-hydrogen) atoms. The first kappa shape index (κ1) is 15.2. The van der Waals surface area contributed by atoms with Gasteiger partial charge in [-0.25, -0.2) is 0 Å². The zero-order valence-electron chi connectivity index (χ0n) is 12.3. The molecule has 1 N–H and O–H groups in total. The van der Waals surface area contributed by atoms with Gasteiger partial charge in [-0.15, -0.1) is 11.8 Å². The quantitative estimate of drug-likeness (QED) is 0.863. The maximum atomic E-state index is 12.4. The predicted octanol–water partition coefficient (Wildman–Crippen LogP) is 2.00. The van der Waals surface area contributed by atoms with Crippen LogP contribution in [-0.2, 0) is 4.79 Å². The molecule has 2 unspecified atom stereocenters. The molecular formula is C15H22N2O2S. The fraction of sp³-hybridized carbons (Fsp3) is 0.533. The maximum Gasteiger partial charge on any atom is 0.263 e. The molecule has 1 aromatic carbocycles. The Bertz CT molecular complexity index is 450. The Hall–Kier alpha value is -1.20. The SMILES string of the molecule is CSc1ccc(OC(C)C(=O)N2CCNCC2C)cc1. The lowest BCUT2D eigenvalue weighted by Gasteiger charge is -2.35. The van der Waals surface area contributed by atoms with E-state index in [1.54, 1.807) is 11.8 Å². The Balaban J connectivity index is 1.95. The highest BCUT2D eigenvalue weighted by atomic mass is 32.2. The fourth-order valence-corrected chi connectivity index (χ4v) is 2.72. The van der Waals surface area contributed by atoms with Gasteiger partial charge in [0.2, 0.25) is 0 Å². The van der Waals surface area contributed by atoms with E-state index in [0.29, 0.717) is 0 Å². The molecule has 0 saturated carbocycles. The van der Waals surface area contributed by atoms with E-state index >= 15 is 0 Å². The molecule has 0 aromatic heterocycles. The van der Waals surface area contributed by atoms with Gasteiger partial charge in [0.15, 0.2) is 6.10 Å². The van der Waals surface area contributed by atoms with Gasteiger partial charge in [0.25, 0.3) is 5.91 Å². The molecule has 0 spiro atoms. The minimum absolute atomic E-state index is 0.0629. The Morgan fingerprint density at radius 2 is 2.15 bits per heavy atom. The van der Waals surface area contributed by atoms with Crippen LogP contribution in [-0.4, -0.2) is 48.8 Å². The first-order valence-electron chi connectivity index (χ1n) is 6.93. The Kier molecular flexibility index (Phi) is 5.31. The predicted molar refractivity (Wildman–Crippen MR) is 82.4 cm³/mol. The van der Waals surface area contributed by atoms with E-state index in [9.17, 15) is 4.79 Å². The van der Waals surface area contributed by atoms with Gasteiger partial charge in [0.1, 0.15) is 5.75 Å². The van der Waals surface area contributed by atoms with E-state index < -0.39 is 6.10 Å². The van der Waals surface area contributed by atoms with Crippen LogP contribution in [0.3, 0.4) is 0 Å². The smallest absolute Gasteiger partial charge is 0.263 e. The molecule has 4 nitrogen and oxygen atoms in total. The van der Waals surface area contributed by atoms with Gasteiger partial charge in [-0.3, -0.25) is 4.79 Å². The summed E-state index contributed by atoms with van der Waals surface area (Å²) in [5.74, 6) is 0.805. The number of amides is 1. The minimum Gasteiger partial charge on any atom is -0.481 e. The summed E-state index contributed by atoms with van der Waals surface area (Å²) in [6, 6.07) is 8.06. The summed E-state index contributed by atoms with van der Waals surface area (Å²) in [5, 5.41) is 3.28. The molecule has 1 aliphatic heterocycles. The van der Waals surface area contributed by atoms with E-state index in [1.807, 2.05) is 42.3 Å². The van der Waals surface area contributed by atoms with Crippen molar-refractivity contribution in [1.29, 1.82) is 0 Å². The molecule has 110 valence electrons. The molecule has 0 bridgehead atoms. The standard InChI is InChI=1S/C15H22N2O2S/c1-11-10-16-8-9-17(11)15(18)12(2)19-13-4-6-14(20-3)7-5-13/h4-7,11-12,16H,8-10H2,1-3H3. The highest BCUT2D eigenvalue weighted by Crippen LogP contribution is 2.20. The summed E-state index contributed by atoms with van der Waals surface area (Å²) in [6.45, 7) is 6.33. The Morgan fingerprint density at radius 1 is 1.45 bits per heavy atom. The summed E-state index contributed by atoms with van der Waals surface area (Å²) < 4.78 is 5.76. The van der Waals surface area contributed by atoms with Crippen LogP contribution in [0.5, 0.6) is 5.75 Å². The fourth-order valence-electron chi connectivity index (χ4n) is 2.31. The normalized spacial score (nSPS) is 20.6. The van der Waals surface area contributed by atoms with Crippen molar-refractivity contribution in [1.82, 2.24) is 10.2 Å². The third-order valence-electron chi connectivity index (χ3n) is 3.50. The second-order valence-electron chi connectivity index (χ2n) is 5.02. The third-order valence-corrected chi connectivity index (χ3v) is 4.25. The lowest BCUT2D eigenvalue weighted by molar-refractivity contribution is -0.140. The molecule has 2 rings (SSSR count). The first-order valence-corrected chi connectivity index (χ1v) is 8.16. The Morgan fingerprint density at radius 3 is 2.75 bits per heavy atom. The van der Waals surface area contributed by atoms with Crippen molar-refractivity contribution in [3.05, 3.63) is 24.3 Å². The molecule has 1 aromatic rings. The number of nitrogens with one attached hydrogen (secondary N) is 1. The average Bonchev–Trinajstić information content (AvgIpc) is 2.48. The van der Waals surface area contributed by atoms with Crippen molar-refractivity contribution in [3.63, 3.8) is 0 Å². The minimum atomic E-state index is -0.448. The summed E-state index contributed by atoms with van der Waals surface area (Å²) >= 11 is 1.69. The van der Waals surface area contributed by atoms with Crippen molar-refractivity contribution in [3.8, 4) is 5.75 Å². The summed E-state index contributed by atoms with van der Waals surface area (Å²) in [5.41, 5.74) is 0. The van der Waals surface area contributed by atoms with E-state index in [-0.39, 0.29) is 11.9 Å². The number of ether oxygens (including phenoxy) is 1. The van der Waals surface area contributed by atoms with Gasteiger partial charge >= 0.3 is 0 Å². The molecule has 5 heteroatoms. The lowest BCUT2D eigenvalue weighted by atomic mass is 10.2. The van der Waals surface area contributed by atoms with Crippen molar-refractivity contribution in [2.45, 2.75) is 30.9 Å². The summed E-state index contributed by atoms with van der Waals surface area (Å²) in [4.78, 5) is 15.5. The van der Waals surface area contributed by atoms with E-state index in [2.05, 4.69) is 12.2 Å². The van der Waals surface area contributed by atoms with E-state index in [1.165, 1.54) is 4.90 Å². The van der Waals surface area contributed by atoms with Crippen LogP contribution in [0.1, 0.15) is 13.8 Å². The highest BCUT2D eigenvalue weighted by Gasteiger charge is 2.27. The van der Waals surface area contributed by atoms with Crippen LogP contribution in [0.4, 0.5) is 0 Å². The summed E-state index contributed by atoms with van der Waals surface area (Å²) in [6.07, 6.45) is 1.59. The van der Waals surface area contributed by atoms with Gasteiger partial charge in [0.05, 0.1) is 0 Å². The van der Waals surface area contributed by atoms with Crippen molar-refractivity contribution in [2.24, 2.45) is 0 Å². The lowest BCUT2D eigenvalue weighted by Crippen LogP contribution is -2.55.